The van der Waals surface area contributed by atoms with Crippen molar-refractivity contribution in [2.24, 2.45) is 28.5 Å². The molecule has 2 heteroatoms. The molecule has 0 amide bonds. The number of hydrogen-bond donors (Lipinski definition) is 1. The quantitative estimate of drug-likeness (QED) is 0.644. The smallest absolute Gasteiger partial charge is 0.0417 e. The summed E-state index contributed by atoms with van der Waals surface area (Å²) in [5.41, 5.74) is 5.24. The van der Waals surface area contributed by atoms with Gasteiger partial charge in [-0.05, 0) is 42.9 Å². The number of rotatable bonds is 7. The van der Waals surface area contributed by atoms with Crippen molar-refractivity contribution in [2.75, 3.05) is 6.54 Å². The van der Waals surface area contributed by atoms with Gasteiger partial charge in [0, 0.05) is 12.8 Å². The standard InChI is InChI=1S/C13H26N2/c1-11(2)8-13(9-12(3)4)10-15-7-5-6-14/h5-7,11-13H,8-10,14H2,1-4H3/b6-5-,15-7?. The van der Waals surface area contributed by atoms with Crippen LogP contribution in [-0.4, -0.2) is 12.8 Å². The van der Waals surface area contributed by atoms with E-state index < -0.39 is 0 Å². The lowest BCUT2D eigenvalue weighted by molar-refractivity contribution is 0.351. The van der Waals surface area contributed by atoms with E-state index in [4.69, 9.17) is 5.73 Å². The summed E-state index contributed by atoms with van der Waals surface area (Å²) in [7, 11) is 0. The van der Waals surface area contributed by atoms with E-state index in [1.54, 1.807) is 12.3 Å². The summed E-state index contributed by atoms with van der Waals surface area (Å²) in [6.45, 7) is 10.0. The molecule has 0 heterocycles. The van der Waals surface area contributed by atoms with Crippen LogP contribution in [0, 0.1) is 17.8 Å². The molecule has 0 aliphatic rings. The molecule has 0 aromatic rings. The van der Waals surface area contributed by atoms with Gasteiger partial charge < -0.3 is 5.73 Å². The Kier molecular flexibility index (Phi) is 8.06. The Morgan fingerprint density at radius 1 is 1.07 bits per heavy atom. The minimum atomic E-state index is 0.715. The molecule has 0 rings (SSSR count). The molecule has 0 saturated heterocycles. The summed E-state index contributed by atoms with van der Waals surface area (Å²) < 4.78 is 0. The molecule has 15 heavy (non-hydrogen) atoms. The minimum Gasteiger partial charge on any atom is -0.405 e. The Balaban J connectivity index is 4.00. The second-order valence-corrected chi connectivity index (χ2v) is 5.02. The molecular formula is C13H26N2. The molecule has 2 N–H and O–H groups in total. The van der Waals surface area contributed by atoms with Gasteiger partial charge in [-0.15, -0.1) is 0 Å². The van der Waals surface area contributed by atoms with Crippen molar-refractivity contribution in [3.8, 4) is 0 Å². The highest BCUT2D eigenvalue weighted by Crippen LogP contribution is 2.20. The van der Waals surface area contributed by atoms with Crippen LogP contribution >= 0.6 is 0 Å². The summed E-state index contributed by atoms with van der Waals surface area (Å²) in [6.07, 6.45) is 7.63. The van der Waals surface area contributed by atoms with Gasteiger partial charge in [-0.3, -0.25) is 4.99 Å². The van der Waals surface area contributed by atoms with Crippen LogP contribution in [0.25, 0.3) is 0 Å². The Bertz CT molecular complexity index is 183. The van der Waals surface area contributed by atoms with E-state index in [9.17, 15) is 0 Å². The lowest BCUT2D eigenvalue weighted by Crippen LogP contribution is -2.11. The fraction of sp³-hybridized carbons (Fsp3) is 0.769. The molecule has 0 unspecified atom stereocenters. The van der Waals surface area contributed by atoms with Gasteiger partial charge in [0.25, 0.3) is 0 Å². The fourth-order valence-corrected chi connectivity index (χ4v) is 1.90. The predicted octanol–water partition coefficient (Wildman–Crippen LogP) is 3.24. The van der Waals surface area contributed by atoms with Crippen LogP contribution in [0.5, 0.6) is 0 Å². The highest BCUT2D eigenvalue weighted by molar-refractivity contribution is 5.70. The van der Waals surface area contributed by atoms with Crippen molar-refractivity contribution in [2.45, 2.75) is 40.5 Å². The van der Waals surface area contributed by atoms with E-state index in [1.165, 1.54) is 19.0 Å². The minimum absolute atomic E-state index is 0.715. The summed E-state index contributed by atoms with van der Waals surface area (Å²) in [5, 5.41) is 0. The molecule has 0 spiro atoms. The number of allylic oxidation sites excluding steroid dienone is 1. The normalized spacial score (nSPS) is 13.0. The van der Waals surface area contributed by atoms with Gasteiger partial charge in [-0.2, -0.15) is 0 Å². The summed E-state index contributed by atoms with van der Waals surface area (Å²) in [6, 6.07) is 0. The first-order valence-electron chi connectivity index (χ1n) is 5.93. The Morgan fingerprint density at radius 3 is 2.00 bits per heavy atom. The van der Waals surface area contributed by atoms with Crippen LogP contribution in [0.4, 0.5) is 0 Å². The maximum atomic E-state index is 5.24. The molecule has 0 bridgehead atoms. The maximum Gasteiger partial charge on any atom is 0.0417 e. The summed E-state index contributed by atoms with van der Waals surface area (Å²) in [4.78, 5) is 4.38. The van der Waals surface area contributed by atoms with Crippen LogP contribution in [0.3, 0.4) is 0 Å². The topological polar surface area (TPSA) is 38.4 Å². The zero-order chi connectivity index (χ0) is 11.7. The molecule has 0 atom stereocenters. The highest BCUT2D eigenvalue weighted by atomic mass is 14.7. The third-order valence-corrected chi connectivity index (χ3v) is 2.28. The van der Waals surface area contributed by atoms with E-state index >= 15 is 0 Å². The maximum absolute atomic E-state index is 5.24. The van der Waals surface area contributed by atoms with Crippen LogP contribution in [0.15, 0.2) is 17.3 Å². The van der Waals surface area contributed by atoms with Gasteiger partial charge in [-0.25, -0.2) is 0 Å². The second-order valence-electron chi connectivity index (χ2n) is 5.02. The van der Waals surface area contributed by atoms with Crippen LogP contribution in [0.1, 0.15) is 40.5 Å². The first-order chi connectivity index (χ1) is 7.06. The van der Waals surface area contributed by atoms with Crippen molar-refractivity contribution in [3.63, 3.8) is 0 Å². The molecule has 0 aromatic carbocycles. The monoisotopic (exact) mass is 210 g/mol. The van der Waals surface area contributed by atoms with E-state index in [2.05, 4.69) is 32.7 Å². The van der Waals surface area contributed by atoms with Crippen molar-refractivity contribution in [3.05, 3.63) is 12.3 Å². The van der Waals surface area contributed by atoms with E-state index in [0.29, 0.717) is 5.92 Å². The molecular weight excluding hydrogens is 184 g/mol. The zero-order valence-corrected chi connectivity index (χ0v) is 10.6. The van der Waals surface area contributed by atoms with Gasteiger partial charge in [0.15, 0.2) is 0 Å². The summed E-state index contributed by atoms with van der Waals surface area (Å²) >= 11 is 0. The van der Waals surface area contributed by atoms with Gasteiger partial charge in [0.05, 0.1) is 0 Å². The van der Waals surface area contributed by atoms with Crippen molar-refractivity contribution < 1.29 is 0 Å². The fourth-order valence-electron chi connectivity index (χ4n) is 1.90. The van der Waals surface area contributed by atoms with Gasteiger partial charge in [-0.1, -0.05) is 27.7 Å². The largest absolute Gasteiger partial charge is 0.405 e. The lowest BCUT2D eigenvalue weighted by atomic mass is 9.89. The number of hydrogen-bond acceptors (Lipinski definition) is 2. The highest BCUT2D eigenvalue weighted by Gasteiger charge is 2.11. The third-order valence-electron chi connectivity index (χ3n) is 2.28. The summed E-state index contributed by atoms with van der Waals surface area (Å²) in [5.74, 6) is 2.23. The average molecular weight is 210 g/mol. The molecule has 0 aliphatic carbocycles. The van der Waals surface area contributed by atoms with E-state index in [-0.39, 0.29) is 0 Å². The van der Waals surface area contributed by atoms with Crippen LogP contribution in [0.2, 0.25) is 0 Å². The Labute approximate surface area is 94.7 Å². The van der Waals surface area contributed by atoms with Crippen molar-refractivity contribution in [1.82, 2.24) is 0 Å². The van der Waals surface area contributed by atoms with Gasteiger partial charge >= 0.3 is 0 Å². The van der Waals surface area contributed by atoms with Gasteiger partial charge in [0.2, 0.25) is 0 Å². The Hall–Kier alpha value is -0.790. The third kappa shape index (κ3) is 9.51. The van der Waals surface area contributed by atoms with E-state index in [1.807, 2.05) is 0 Å². The van der Waals surface area contributed by atoms with E-state index in [0.717, 1.165) is 18.4 Å². The van der Waals surface area contributed by atoms with Gasteiger partial charge in [0.1, 0.15) is 0 Å². The SMILES string of the molecule is CC(C)CC(CN=C/C=C\N)CC(C)C. The number of aliphatic imine (C=N–C) groups is 1. The Morgan fingerprint density at radius 2 is 1.60 bits per heavy atom. The van der Waals surface area contributed by atoms with Crippen molar-refractivity contribution >= 4 is 6.21 Å². The number of nitrogens with two attached hydrogens (primary N) is 1. The number of nitrogens with zero attached hydrogens (tertiary/aromatic N) is 1. The molecule has 88 valence electrons. The molecule has 0 saturated carbocycles. The first-order valence-corrected chi connectivity index (χ1v) is 5.93. The molecule has 0 aliphatic heterocycles. The van der Waals surface area contributed by atoms with Crippen LogP contribution in [-0.2, 0) is 0 Å². The first kappa shape index (κ1) is 14.2. The predicted molar refractivity (Wildman–Crippen MR) is 69.1 cm³/mol. The lowest BCUT2D eigenvalue weighted by Gasteiger charge is -2.18. The second kappa shape index (κ2) is 8.51. The molecule has 0 fully saturated rings. The zero-order valence-electron chi connectivity index (χ0n) is 10.6. The van der Waals surface area contributed by atoms with Crippen LogP contribution < -0.4 is 5.73 Å². The average Bonchev–Trinajstić information content (AvgIpc) is 2.10. The van der Waals surface area contributed by atoms with Crippen molar-refractivity contribution in [1.29, 1.82) is 0 Å². The molecule has 0 radical (unpaired) electrons. The molecule has 0 aromatic heterocycles. The molecule has 2 nitrogen and oxygen atoms in total.